The maximum atomic E-state index is 13.9. The molecule has 1 fully saturated rings. The highest BCUT2D eigenvalue weighted by atomic mass is 32.2. The van der Waals surface area contributed by atoms with Gasteiger partial charge in [-0.3, -0.25) is 0 Å². The van der Waals surface area contributed by atoms with Crippen molar-refractivity contribution in [2.24, 2.45) is 0 Å². The van der Waals surface area contributed by atoms with Gasteiger partial charge in [-0.25, -0.2) is 13.9 Å². The van der Waals surface area contributed by atoms with Gasteiger partial charge < -0.3 is 4.90 Å². The number of thioether (sulfide) groups is 1. The van der Waals surface area contributed by atoms with Crippen molar-refractivity contribution in [3.05, 3.63) is 54.1 Å². The molecule has 1 aliphatic rings. The molecule has 0 unspecified atom stereocenters. The third-order valence-corrected chi connectivity index (χ3v) is 5.01. The van der Waals surface area contributed by atoms with Crippen LogP contribution in [0.25, 0.3) is 5.65 Å². The number of imidazole rings is 1. The second-order valence-electron chi connectivity index (χ2n) is 5.70. The lowest BCUT2D eigenvalue weighted by atomic mass is 10.0. The van der Waals surface area contributed by atoms with Gasteiger partial charge in [0.05, 0.1) is 6.04 Å². The zero-order valence-corrected chi connectivity index (χ0v) is 13.6. The molecule has 0 amide bonds. The van der Waals surface area contributed by atoms with E-state index in [9.17, 15) is 4.39 Å². The largest absolute Gasteiger partial charge is 0.348 e. The number of fused-ring (bicyclic) bond motifs is 1. The summed E-state index contributed by atoms with van der Waals surface area (Å²) >= 11 is 1.57. The highest BCUT2D eigenvalue weighted by Crippen LogP contribution is 2.36. The number of nitrogens with zero attached hydrogens (tertiary/aromatic N) is 4. The number of benzene rings is 1. The fourth-order valence-electron chi connectivity index (χ4n) is 3.24. The first-order valence-electron chi connectivity index (χ1n) is 7.66. The number of halogens is 1. The third kappa shape index (κ3) is 2.67. The molecule has 4 rings (SSSR count). The molecule has 1 atom stereocenters. The Morgan fingerprint density at radius 2 is 2.17 bits per heavy atom. The lowest BCUT2D eigenvalue weighted by Crippen LogP contribution is -2.24. The number of hydrogen-bond acceptors (Lipinski definition) is 4. The van der Waals surface area contributed by atoms with Crippen LogP contribution < -0.4 is 4.90 Å². The van der Waals surface area contributed by atoms with Crippen molar-refractivity contribution in [3.8, 4) is 0 Å². The van der Waals surface area contributed by atoms with Crippen molar-refractivity contribution in [1.29, 1.82) is 0 Å². The third-order valence-electron chi connectivity index (χ3n) is 4.30. The maximum Gasteiger partial charge on any atom is 0.153 e. The predicted molar refractivity (Wildman–Crippen MR) is 90.5 cm³/mol. The molecule has 0 saturated carbocycles. The highest BCUT2D eigenvalue weighted by molar-refractivity contribution is 7.98. The fraction of sp³-hybridized carbons (Fsp3) is 0.294. The fourth-order valence-corrected chi connectivity index (χ4v) is 3.72. The molecule has 2 aromatic heterocycles. The molecular weight excluding hydrogens is 311 g/mol. The molecule has 0 spiro atoms. The summed E-state index contributed by atoms with van der Waals surface area (Å²) in [4.78, 5) is 7.45. The van der Waals surface area contributed by atoms with Gasteiger partial charge in [-0.15, -0.1) is 16.9 Å². The summed E-state index contributed by atoms with van der Waals surface area (Å²) in [5.74, 6) is 0.740. The van der Waals surface area contributed by atoms with E-state index in [1.54, 1.807) is 34.6 Å². The predicted octanol–water partition coefficient (Wildman–Crippen LogP) is 3.93. The molecular formula is C17H17FN4S. The van der Waals surface area contributed by atoms with Crippen LogP contribution >= 0.6 is 11.8 Å². The number of rotatable bonds is 3. The van der Waals surface area contributed by atoms with E-state index in [1.165, 1.54) is 0 Å². The molecule has 4 nitrogen and oxygen atoms in total. The Kier molecular flexibility index (Phi) is 3.69. The van der Waals surface area contributed by atoms with Crippen molar-refractivity contribution < 1.29 is 4.39 Å². The van der Waals surface area contributed by atoms with Crippen LogP contribution in [-0.2, 0) is 0 Å². The van der Waals surface area contributed by atoms with Crippen LogP contribution in [0.2, 0.25) is 0 Å². The van der Waals surface area contributed by atoms with Crippen molar-refractivity contribution in [1.82, 2.24) is 14.6 Å². The second kappa shape index (κ2) is 5.85. The average molecular weight is 328 g/mol. The molecule has 3 aromatic rings. The lowest BCUT2D eigenvalue weighted by molar-refractivity contribution is 0.613. The summed E-state index contributed by atoms with van der Waals surface area (Å²) in [6.45, 7) is 0.934. The minimum absolute atomic E-state index is 0.170. The molecule has 0 bridgehead atoms. The Bertz CT molecular complexity index is 847. The Morgan fingerprint density at radius 1 is 1.26 bits per heavy atom. The molecule has 1 aliphatic heterocycles. The molecule has 0 aliphatic carbocycles. The first-order chi connectivity index (χ1) is 11.2. The Balaban J connectivity index is 1.72. The summed E-state index contributed by atoms with van der Waals surface area (Å²) in [6, 6.07) is 9.46. The van der Waals surface area contributed by atoms with E-state index >= 15 is 0 Å². The normalized spacial score (nSPS) is 18.0. The van der Waals surface area contributed by atoms with Crippen LogP contribution in [0.15, 0.2) is 47.6 Å². The van der Waals surface area contributed by atoms with Gasteiger partial charge in [0.15, 0.2) is 5.65 Å². The number of aromatic nitrogens is 3. The molecule has 1 saturated heterocycles. The van der Waals surface area contributed by atoms with Gasteiger partial charge in [0.2, 0.25) is 0 Å². The van der Waals surface area contributed by atoms with E-state index in [2.05, 4.69) is 21.0 Å². The summed E-state index contributed by atoms with van der Waals surface area (Å²) in [7, 11) is 0. The van der Waals surface area contributed by atoms with Crippen LogP contribution in [0.5, 0.6) is 0 Å². The van der Waals surface area contributed by atoms with Crippen LogP contribution in [0, 0.1) is 5.82 Å². The summed E-state index contributed by atoms with van der Waals surface area (Å²) in [5.41, 5.74) is 1.86. The highest BCUT2D eigenvalue weighted by Gasteiger charge is 2.28. The van der Waals surface area contributed by atoms with Gasteiger partial charge in [-0.2, -0.15) is 0 Å². The topological polar surface area (TPSA) is 33.4 Å². The van der Waals surface area contributed by atoms with Crippen molar-refractivity contribution >= 4 is 23.2 Å². The second-order valence-corrected chi connectivity index (χ2v) is 6.58. The quantitative estimate of drug-likeness (QED) is 0.682. The monoisotopic (exact) mass is 328 g/mol. The zero-order chi connectivity index (χ0) is 15.8. The molecule has 0 radical (unpaired) electrons. The van der Waals surface area contributed by atoms with Gasteiger partial charge in [0.25, 0.3) is 0 Å². The van der Waals surface area contributed by atoms with E-state index < -0.39 is 0 Å². The Morgan fingerprint density at radius 3 is 3.04 bits per heavy atom. The van der Waals surface area contributed by atoms with Gasteiger partial charge in [-0.1, -0.05) is 0 Å². The van der Waals surface area contributed by atoms with Gasteiger partial charge in [-0.05, 0) is 55.0 Å². The van der Waals surface area contributed by atoms with E-state index in [0.717, 1.165) is 41.3 Å². The maximum absolute atomic E-state index is 13.9. The summed E-state index contributed by atoms with van der Waals surface area (Å²) in [5, 5.41) is 4.64. The Labute approximate surface area is 138 Å². The first kappa shape index (κ1) is 14.5. The Hall–Kier alpha value is -2.08. The number of hydrogen-bond donors (Lipinski definition) is 0. The van der Waals surface area contributed by atoms with Crippen molar-refractivity contribution in [3.63, 3.8) is 0 Å². The van der Waals surface area contributed by atoms with E-state index in [-0.39, 0.29) is 11.9 Å². The van der Waals surface area contributed by atoms with Crippen LogP contribution in [0.3, 0.4) is 0 Å². The first-order valence-corrected chi connectivity index (χ1v) is 8.88. The molecule has 23 heavy (non-hydrogen) atoms. The van der Waals surface area contributed by atoms with Crippen LogP contribution in [0.1, 0.15) is 24.4 Å². The van der Waals surface area contributed by atoms with E-state index in [1.807, 2.05) is 24.6 Å². The van der Waals surface area contributed by atoms with Crippen molar-refractivity contribution in [2.45, 2.75) is 23.8 Å². The van der Waals surface area contributed by atoms with Crippen LogP contribution in [0.4, 0.5) is 10.2 Å². The summed E-state index contributed by atoms with van der Waals surface area (Å²) in [6.07, 6.45) is 7.66. The molecule has 6 heteroatoms. The SMILES string of the molecule is CSc1cc(F)cc([C@H]2CCCN2c2ccc3nccn3n2)c1. The van der Waals surface area contributed by atoms with E-state index in [0.29, 0.717) is 0 Å². The standard InChI is InChI=1S/C17H17FN4S/c1-23-14-10-12(9-13(18)11-14)15-3-2-7-21(15)17-5-4-16-19-6-8-22(16)20-17/h4-6,8-11,15H,2-3,7H2,1H3/t15-/m1/s1. The van der Waals surface area contributed by atoms with E-state index in [4.69, 9.17) is 0 Å². The van der Waals surface area contributed by atoms with Gasteiger partial charge >= 0.3 is 0 Å². The lowest BCUT2D eigenvalue weighted by Gasteiger charge is -2.26. The minimum Gasteiger partial charge on any atom is -0.348 e. The molecule has 0 N–H and O–H groups in total. The molecule has 3 heterocycles. The molecule has 118 valence electrons. The zero-order valence-electron chi connectivity index (χ0n) is 12.8. The molecule has 1 aromatic carbocycles. The van der Waals surface area contributed by atoms with Crippen LogP contribution in [-0.4, -0.2) is 27.4 Å². The van der Waals surface area contributed by atoms with Gasteiger partial charge in [0.1, 0.15) is 11.6 Å². The summed E-state index contributed by atoms with van der Waals surface area (Å²) < 4.78 is 15.7. The number of anilines is 1. The van der Waals surface area contributed by atoms with Gasteiger partial charge in [0, 0.05) is 23.8 Å². The minimum atomic E-state index is -0.170. The van der Waals surface area contributed by atoms with Crippen molar-refractivity contribution in [2.75, 3.05) is 17.7 Å². The average Bonchev–Trinajstić information content (AvgIpc) is 3.22. The smallest absolute Gasteiger partial charge is 0.153 e.